The van der Waals surface area contributed by atoms with Gasteiger partial charge in [0, 0.05) is 13.3 Å². The molecule has 3 rings (SSSR count). The van der Waals surface area contributed by atoms with Gasteiger partial charge in [0.05, 0.1) is 12.2 Å². The van der Waals surface area contributed by atoms with Crippen LogP contribution >= 0.6 is 0 Å². The Balaban J connectivity index is 0.000000471. The predicted molar refractivity (Wildman–Crippen MR) is 98.2 cm³/mol. The van der Waals surface area contributed by atoms with Gasteiger partial charge in [-0.3, -0.25) is 9.59 Å². The van der Waals surface area contributed by atoms with Gasteiger partial charge in [0.15, 0.2) is 0 Å². The lowest BCUT2D eigenvalue weighted by Gasteiger charge is -2.26. The van der Waals surface area contributed by atoms with E-state index >= 15 is 0 Å². The van der Waals surface area contributed by atoms with Crippen LogP contribution in [0.3, 0.4) is 0 Å². The van der Waals surface area contributed by atoms with Crippen LogP contribution < -0.4 is 10.6 Å². The molecule has 0 fully saturated rings. The minimum Gasteiger partial charge on any atom is -0.370 e. The Bertz CT molecular complexity index is 762. The first-order valence-corrected chi connectivity index (χ1v) is 7.94. The van der Waals surface area contributed by atoms with E-state index in [1.54, 1.807) is 0 Å². The van der Waals surface area contributed by atoms with E-state index in [9.17, 15) is 9.59 Å². The van der Waals surface area contributed by atoms with Crippen molar-refractivity contribution in [1.82, 2.24) is 0 Å². The molecule has 0 aliphatic carbocycles. The average Bonchev–Trinajstić information content (AvgIpc) is 2.56. The fourth-order valence-corrected chi connectivity index (χ4v) is 2.56. The number of nitrogens with two attached hydrogens (primary N) is 1. The van der Waals surface area contributed by atoms with Crippen molar-refractivity contribution in [3.05, 3.63) is 65.2 Å². The molecule has 0 unspecified atom stereocenters. The van der Waals surface area contributed by atoms with Crippen LogP contribution in [0.2, 0.25) is 0 Å². The standard InChI is InChI=1S/C18H17NO.C2H5NO/c1-2-18(20)19-13-16-9-4-3-7-14(16)11-12-15-8-5-6-10-17(15)19;1-2(3)4/h3-12H,2,13H2,1H3;1H3,(H2,3,4)/b12-11-;. The summed E-state index contributed by atoms with van der Waals surface area (Å²) in [5.41, 5.74) is 8.91. The number of anilines is 1. The van der Waals surface area contributed by atoms with Gasteiger partial charge in [-0.1, -0.05) is 61.5 Å². The normalized spacial score (nSPS) is 13.3. The van der Waals surface area contributed by atoms with E-state index in [1.165, 1.54) is 18.1 Å². The Morgan fingerprint density at radius 2 is 1.54 bits per heavy atom. The number of fused-ring (bicyclic) bond motifs is 2. The van der Waals surface area contributed by atoms with E-state index in [2.05, 4.69) is 36.1 Å². The molecule has 0 saturated heterocycles. The molecular weight excluding hydrogens is 300 g/mol. The first kappa shape index (κ1) is 17.5. The number of amides is 2. The van der Waals surface area contributed by atoms with Crippen LogP contribution in [0.25, 0.3) is 12.2 Å². The lowest BCUT2D eigenvalue weighted by molar-refractivity contribution is -0.118. The van der Waals surface area contributed by atoms with Crippen LogP contribution in [0, 0.1) is 0 Å². The Morgan fingerprint density at radius 3 is 2.21 bits per heavy atom. The summed E-state index contributed by atoms with van der Waals surface area (Å²) in [7, 11) is 0. The molecular formula is C20H22N2O2. The fourth-order valence-electron chi connectivity index (χ4n) is 2.56. The number of primary amides is 1. The summed E-state index contributed by atoms with van der Waals surface area (Å²) in [5, 5.41) is 0. The van der Waals surface area contributed by atoms with Crippen LogP contribution in [-0.2, 0) is 16.1 Å². The van der Waals surface area contributed by atoms with Gasteiger partial charge in [0.2, 0.25) is 11.8 Å². The molecule has 1 heterocycles. The second-order valence-corrected chi connectivity index (χ2v) is 5.54. The molecule has 0 spiro atoms. The van der Waals surface area contributed by atoms with E-state index in [-0.39, 0.29) is 11.8 Å². The van der Waals surface area contributed by atoms with Crippen molar-refractivity contribution >= 4 is 29.7 Å². The molecule has 0 aromatic heterocycles. The predicted octanol–water partition coefficient (Wildman–Crippen LogP) is 3.61. The summed E-state index contributed by atoms with van der Waals surface area (Å²) in [6, 6.07) is 16.3. The van der Waals surface area contributed by atoms with Crippen molar-refractivity contribution in [1.29, 1.82) is 0 Å². The molecule has 1 aliphatic rings. The first-order chi connectivity index (χ1) is 11.5. The third kappa shape index (κ3) is 4.32. The zero-order valence-electron chi connectivity index (χ0n) is 14.0. The maximum atomic E-state index is 12.3. The van der Waals surface area contributed by atoms with Gasteiger partial charge >= 0.3 is 0 Å². The topological polar surface area (TPSA) is 63.4 Å². The van der Waals surface area contributed by atoms with Crippen molar-refractivity contribution < 1.29 is 9.59 Å². The average molecular weight is 322 g/mol. The number of nitrogens with zero attached hydrogens (tertiary/aromatic N) is 1. The zero-order chi connectivity index (χ0) is 17.5. The molecule has 0 radical (unpaired) electrons. The van der Waals surface area contributed by atoms with Gasteiger partial charge in [0.25, 0.3) is 0 Å². The third-order valence-electron chi connectivity index (χ3n) is 3.66. The van der Waals surface area contributed by atoms with Gasteiger partial charge in [-0.25, -0.2) is 0 Å². The molecule has 0 saturated carbocycles. The van der Waals surface area contributed by atoms with Gasteiger partial charge in [-0.05, 0) is 22.8 Å². The monoisotopic (exact) mass is 322 g/mol. The summed E-state index contributed by atoms with van der Waals surface area (Å²) in [4.78, 5) is 23.4. The number of benzene rings is 2. The molecule has 2 N–H and O–H groups in total. The Labute approximate surface area is 142 Å². The summed E-state index contributed by atoms with van der Waals surface area (Å²) >= 11 is 0. The zero-order valence-corrected chi connectivity index (χ0v) is 14.0. The van der Waals surface area contributed by atoms with E-state index in [0.29, 0.717) is 13.0 Å². The number of carbonyl (C=O) groups is 2. The quantitative estimate of drug-likeness (QED) is 0.872. The highest BCUT2D eigenvalue weighted by molar-refractivity contribution is 5.96. The van der Waals surface area contributed by atoms with Gasteiger partial charge in [-0.2, -0.15) is 0 Å². The molecule has 24 heavy (non-hydrogen) atoms. The number of hydrogen-bond acceptors (Lipinski definition) is 2. The van der Waals surface area contributed by atoms with Crippen molar-refractivity contribution in [2.24, 2.45) is 5.73 Å². The number of rotatable bonds is 1. The largest absolute Gasteiger partial charge is 0.370 e. The van der Waals surface area contributed by atoms with Crippen molar-refractivity contribution in [3.63, 3.8) is 0 Å². The molecule has 2 amide bonds. The minimum absolute atomic E-state index is 0.155. The third-order valence-corrected chi connectivity index (χ3v) is 3.66. The number of hydrogen-bond donors (Lipinski definition) is 1. The van der Waals surface area contributed by atoms with Crippen molar-refractivity contribution in [2.75, 3.05) is 4.90 Å². The lowest BCUT2D eigenvalue weighted by Crippen LogP contribution is -2.30. The van der Waals surface area contributed by atoms with Gasteiger partial charge < -0.3 is 10.6 Å². The Morgan fingerprint density at radius 1 is 1.00 bits per heavy atom. The summed E-state index contributed by atoms with van der Waals surface area (Å²) in [6.45, 7) is 3.84. The molecule has 2 aromatic carbocycles. The summed E-state index contributed by atoms with van der Waals surface area (Å²) in [6.07, 6.45) is 4.73. The molecule has 0 atom stereocenters. The molecule has 0 bridgehead atoms. The van der Waals surface area contributed by atoms with Crippen LogP contribution in [0.15, 0.2) is 48.5 Å². The molecule has 4 nitrogen and oxygen atoms in total. The minimum atomic E-state index is -0.333. The molecule has 1 aliphatic heterocycles. The highest BCUT2D eigenvalue weighted by Crippen LogP contribution is 2.28. The second-order valence-electron chi connectivity index (χ2n) is 5.54. The van der Waals surface area contributed by atoms with Crippen LogP contribution in [0.5, 0.6) is 0 Å². The molecule has 124 valence electrons. The second kappa shape index (κ2) is 8.11. The molecule has 2 aromatic rings. The van der Waals surface area contributed by atoms with E-state index < -0.39 is 0 Å². The maximum absolute atomic E-state index is 12.3. The maximum Gasteiger partial charge on any atom is 0.227 e. The molecule has 4 heteroatoms. The van der Waals surface area contributed by atoms with Gasteiger partial charge in [-0.15, -0.1) is 0 Å². The first-order valence-electron chi connectivity index (χ1n) is 7.94. The van der Waals surface area contributed by atoms with E-state index in [0.717, 1.165) is 11.3 Å². The highest BCUT2D eigenvalue weighted by Gasteiger charge is 2.19. The Hall–Kier alpha value is -2.88. The highest BCUT2D eigenvalue weighted by atomic mass is 16.2. The van der Waals surface area contributed by atoms with E-state index in [4.69, 9.17) is 0 Å². The smallest absolute Gasteiger partial charge is 0.227 e. The summed E-state index contributed by atoms with van der Waals surface area (Å²) in [5.74, 6) is -0.178. The number of para-hydroxylation sites is 1. The van der Waals surface area contributed by atoms with Crippen LogP contribution in [0.1, 0.15) is 37.0 Å². The van der Waals surface area contributed by atoms with Gasteiger partial charge in [0.1, 0.15) is 0 Å². The van der Waals surface area contributed by atoms with Crippen LogP contribution in [0.4, 0.5) is 5.69 Å². The van der Waals surface area contributed by atoms with Crippen molar-refractivity contribution in [2.45, 2.75) is 26.8 Å². The fraction of sp³-hybridized carbons (Fsp3) is 0.200. The van der Waals surface area contributed by atoms with Crippen LogP contribution in [-0.4, -0.2) is 11.8 Å². The van der Waals surface area contributed by atoms with E-state index in [1.807, 2.05) is 42.2 Å². The SMILES string of the molecule is CC(N)=O.CCC(=O)N1Cc2ccccc2/C=C\c2ccccc21. The summed E-state index contributed by atoms with van der Waals surface area (Å²) < 4.78 is 0. The lowest BCUT2D eigenvalue weighted by atomic mass is 10.0. The van der Waals surface area contributed by atoms with Crippen molar-refractivity contribution in [3.8, 4) is 0 Å². The Kier molecular flexibility index (Phi) is 5.90. The number of carbonyl (C=O) groups excluding carboxylic acids is 2.